The molecule has 1 aromatic carbocycles. The van der Waals surface area contributed by atoms with Crippen molar-refractivity contribution in [1.29, 1.82) is 0 Å². The molecule has 0 bridgehead atoms. The van der Waals surface area contributed by atoms with Crippen LogP contribution >= 0.6 is 0 Å². The summed E-state index contributed by atoms with van der Waals surface area (Å²) in [5, 5.41) is 3.65. The molecule has 2 rings (SSSR count). The maximum Gasteiger partial charge on any atom is 0.123 e. The van der Waals surface area contributed by atoms with Gasteiger partial charge in [0.25, 0.3) is 0 Å². The lowest BCUT2D eigenvalue weighted by Crippen LogP contribution is -2.46. The molecule has 20 heavy (non-hydrogen) atoms. The third kappa shape index (κ3) is 3.80. The van der Waals surface area contributed by atoms with Crippen LogP contribution in [0.1, 0.15) is 45.7 Å². The van der Waals surface area contributed by atoms with Crippen LogP contribution in [-0.2, 0) is 0 Å². The van der Waals surface area contributed by atoms with Crippen LogP contribution < -0.4 is 5.32 Å². The quantitative estimate of drug-likeness (QED) is 0.889. The maximum absolute atomic E-state index is 13.4. The van der Waals surface area contributed by atoms with E-state index >= 15 is 0 Å². The normalized spacial score (nSPS) is 23.4. The minimum atomic E-state index is -0.144. The molecule has 1 saturated heterocycles. The highest BCUT2D eigenvalue weighted by atomic mass is 19.1. The lowest BCUT2D eigenvalue weighted by molar-refractivity contribution is 0.162. The van der Waals surface area contributed by atoms with E-state index in [2.05, 4.69) is 37.9 Å². The van der Waals surface area contributed by atoms with Gasteiger partial charge in [0.2, 0.25) is 0 Å². The summed E-state index contributed by atoms with van der Waals surface area (Å²) in [6.45, 7) is 12.2. The highest BCUT2D eigenvalue weighted by molar-refractivity contribution is 5.19. The van der Waals surface area contributed by atoms with Crippen molar-refractivity contribution in [2.24, 2.45) is 5.41 Å². The Kier molecular flexibility index (Phi) is 4.82. The topological polar surface area (TPSA) is 15.3 Å². The molecule has 0 radical (unpaired) electrons. The summed E-state index contributed by atoms with van der Waals surface area (Å²) in [5.41, 5.74) is 1.31. The largest absolute Gasteiger partial charge is 0.312 e. The fourth-order valence-corrected chi connectivity index (χ4v) is 2.86. The van der Waals surface area contributed by atoms with E-state index in [4.69, 9.17) is 0 Å². The molecule has 2 unspecified atom stereocenters. The Morgan fingerprint density at radius 3 is 2.75 bits per heavy atom. The summed E-state index contributed by atoms with van der Waals surface area (Å²) < 4.78 is 13.4. The number of hydrogen-bond acceptors (Lipinski definition) is 2. The third-order valence-corrected chi connectivity index (χ3v) is 4.35. The van der Waals surface area contributed by atoms with Crippen LogP contribution in [0.2, 0.25) is 0 Å². The second-order valence-corrected chi connectivity index (χ2v) is 6.95. The van der Waals surface area contributed by atoms with Crippen molar-refractivity contribution in [2.45, 2.75) is 46.2 Å². The summed E-state index contributed by atoms with van der Waals surface area (Å²) in [7, 11) is 0. The number of halogens is 1. The van der Waals surface area contributed by atoms with Gasteiger partial charge in [-0.2, -0.15) is 0 Å². The van der Waals surface area contributed by atoms with Crippen LogP contribution in [0.15, 0.2) is 24.3 Å². The Balaban J connectivity index is 2.13. The summed E-state index contributed by atoms with van der Waals surface area (Å²) in [5.74, 6) is -0.144. The molecule has 0 saturated carbocycles. The fraction of sp³-hybridized carbons (Fsp3) is 0.647. The molecule has 112 valence electrons. The van der Waals surface area contributed by atoms with Crippen LogP contribution in [0.5, 0.6) is 0 Å². The van der Waals surface area contributed by atoms with Gasteiger partial charge in [-0.05, 0) is 43.0 Å². The van der Waals surface area contributed by atoms with E-state index in [1.54, 1.807) is 12.1 Å². The van der Waals surface area contributed by atoms with Crippen LogP contribution in [0.25, 0.3) is 0 Å². The molecule has 0 aliphatic carbocycles. The monoisotopic (exact) mass is 278 g/mol. The van der Waals surface area contributed by atoms with Crippen molar-refractivity contribution in [3.8, 4) is 0 Å². The first-order valence-electron chi connectivity index (χ1n) is 7.61. The van der Waals surface area contributed by atoms with Gasteiger partial charge >= 0.3 is 0 Å². The minimum absolute atomic E-state index is 0.144. The van der Waals surface area contributed by atoms with Gasteiger partial charge in [0.05, 0.1) is 0 Å². The molecular weight excluding hydrogens is 251 g/mol. The standard InChI is InChI=1S/C17H27FN2/c1-13(14-7-5-8-15(18)11-14)20-10-6-9-19-16(12-20)17(2,3)4/h5,7-8,11,13,16,19H,6,9-10,12H2,1-4H3. The molecule has 2 nitrogen and oxygen atoms in total. The molecule has 1 heterocycles. The predicted octanol–water partition coefficient (Wildman–Crippen LogP) is 3.60. The summed E-state index contributed by atoms with van der Waals surface area (Å²) in [6, 6.07) is 7.74. The van der Waals surface area contributed by atoms with Crippen molar-refractivity contribution in [3.63, 3.8) is 0 Å². The van der Waals surface area contributed by atoms with Crippen LogP contribution in [0.4, 0.5) is 4.39 Å². The lowest BCUT2D eigenvalue weighted by Gasteiger charge is -2.36. The zero-order valence-corrected chi connectivity index (χ0v) is 13.1. The second kappa shape index (κ2) is 6.23. The Hall–Kier alpha value is -0.930. The van der Waals surface area contributed by atoms with E-state index in [0.29, 0.717) is 6.04 Å². The van der Waals surface area contributed by atoms with Gasteiger partial charge in [-0.25, -0.2) is 4.39 Å². The maximum atomic E-state index is 13.4. The minimum Gasteiger partial charge on any atom is -0.312 e. The van der Waals surface area contributed by atoms with Gasteiger partial charge in [0, 0.05) is 25.2 Å². The van der Waals surface area contributed by atoms with Gasteiger partial charge in [-0.1, -0.05) is 32.9 Å². The Morgan fingerprint density at radius 1 is 1.35 bits per heavy atom. The Labute approximate surface area is 122 Å². The van der Waals surface area contributed by atoms with Gasteiger partial charge in [-0.3, -0.25) is 4.90 Å². The van der Waals surface area contributed by atoms with Crippen LogP contribution in [-0.4, -0.2) is 30.6 Å². The van der Waals surface area contributed by atoms with Gasteiger partial charge in [-0.15, -0.1) is 0 Å². The molecule has 0 aromatic heterocycles. The zero-order chi connectivity index (χ0) is 14.8. The SMILES string of the molecule is CC(c1cccc(F)c1)N1CCCNC(C(C)(C)C)C1. The highest BCUT2D eigenvalue weighted by Crippen LogP contribution is 2.27. The molecule has 1 aromatic rings. The average molecular weight is 278 g/mol. The Morgan fingerprint density at radius 2 is 2.10 bits per heavy atom. The number of nitrogens with one attached hydrogen (secondary N) is 1. The van der Waals surface area contributed by atoms with Gasteiger partial charge in [0.1, 0.15) is 5.82 Å². The van der Waals surface area contributed by atoms with Crippen molar-refractivity contribution in [2.75, 3.05) is 19.6 Å². The average Bonchev–Trinajstić information content (AvgIpc) is 2.63. The van der Waals surface area contributed by atoms with Gasteiger partial charge in [0.15, 0.2) is 0 Å². The predicted molar refractivity (Wildman–Crippen MR) is 82.3 cm³/mol. The van der Waals surface area contributed by atoms with E-state index < -0.39 is 0 Å². The molecule has 1 aliphatic heterocycles. The summed E-state index contributed by atoms with van der Waals surface area (Å²) in [4.78, 5) is 2.48. The molecule has 1 fully saturated rings. The molecule has 0 amide bonds. The van der Waals surface area contributed by atoms with Crippen molar-refractivity contribution in [1.82, 2.24) is 10.2 Å². The third-order valence-electron chi connectivity index (χ3n) is 4.35. The van der Waals surface area contributed by atoms with Crippen LogP contribution in [0.3, 0.4) is 0 Å². The van der Waals surface area contributed by atoms with E-state index in [1.165, 1.54) is 6.07 Å². The number of rotatable bonds is 2. The Bertz CT molecular complexity index is 439. The fourth-order valence-electron chi connectivity index (χ4n) is 2.86. The molecular formula is C17H27FN2. The molecule has 1 N–H and O–H groups in total. The smallest absolute Gasteiger partial charge is 0.123 e. The van der Waals surface area contributed by atoms with Crippen molar-refractivity contribution in [3.05, 3.63) is 35.6 Å². The zero-order valence-electron chi connectivity index (χ0n) is 13.1. The lowest BCUT2D eigenvalue weighted by atomic mass is 9.86. The molecule has 3 heteroatoms. The summed E-state index contributed by atoms with van der Waals surface area (Å²) in [6.07, 6.45) is 1.15. The van der Waals surface area contributed by atoms with Crippen molar-refractivity contribution >= 4 is 0 Å². The number of hydrogen-bond donors (Lipinski definition) is 1. The first-order valence-corrected chi connectivity index (χ1v) is 7.61. The highest BCUT2D eigenvalue weighted by Gasteiger charge is 2.30. The second-order valence-electron chi connectivity index (χ2n) is 6.95. The van der Waals surface area contributed by atoms with E-state index in [9.17, 15) is 4.39 Å². The first kappa shape index (κ1) is 15.5. The molecule has 2 atom stereocenters. The van der Waals surface area contributed by atoms with E-state index in [0.717, 1.165) is 31.6 Å². The number of benzene rings is 1. The first-order chi connectivity index (χ1) is 9.38. The molecule has 1 aliphatic rings. The summed E-state index contributed by atoms with van der Waals surface area (Å²) >= 11 is 0. The van der Waals surface area contributed by atoms with E-state index in [-0.39, 0.29) is 17.3 Å². The molecule has 0 spiro atoms. The van der Waals surface area contributed by atoms with Gasteiger partial charge < -0.3 is 5.32 Å². The van der Waals surface area contributed by atoms with E-state index in [1.807, 2.05) is 6.07 Å². The van der Waals surface area contributed by atoms with Crippen LogP contribution in [0, 0.1) is 11.2 Å². The number of nitrogens with zero attached hydrogens (tertiary/aromatic N) is 1. The van der Waals surface area contributed by atoms with Crippen molar-refractivity contribution < 1.29 is 4.39 Å².